The van der Waals surface area contributed by atoms with Crippen LogP contribution in [-0.4, -0.2) is 35.2 Å². The summed E-state index contributed by atoms with van der Waals surface area (Å²) in [5.74, 6) is -0.272. The topological polar surface area (TPSA) is 93.6 Å². The number of allylic oxidation sites excluding steroid dienone is 2. The molecule has 1 saturated heterocycles. The summed E-state index contributed by atoms with van der Waals surface area (Å²) in [6, 6.07) is 20.8. The van der Waals surface area contributed by atoms with Gasteiger partial charge in [-0.3, -0.25) is 19.3 Å². The summed E-state index contributed by atoms with van der Waals surface area (Å²) < 4.78 is 5.47. The summed E-state index contributed by atoms with van der Waals surface area (Å²) >= 11 is 5.92. The molecule has 0 spiro atoms. The number of hydrogen-bond donors (Lipinski definition) is 0. The lowest BCUT2D eigenvalue weighted by atomic mass is 9.63. The molecule has 3 fully saturated rings. The van der Waals surface area contributed by atoms with Crippen molar-refractivity contribution in [1.82, 2.24) is 4.98 Å². The Morgan fingerprint density at radius 1 is 0.886 bits per heavy atom. The van der Waals surface area contributed by atoms with Crippen molar-refractivity contribution < 1.29 is 23.9 Å². The van der Waals surface area contributed by atoms with Crippen LogP contribution in [0.4, 0.5) is 5.69 Å². The number of halogens is 1. The highest BCUT2D eigenvalue weighted by Gasteiger charge is 2.67. The maximum Gasteiger partial charge on any atom is 0.339 e. The van der Waals surface area contributed by atoms with Crippen LogP contribution in [0.5, 0.6) is 0 Å². The number of fused-ring (bicyclic) bond motifs is 1. The molecule has 2 amide bonds. The zero-order valence-corrected chi connectivity index (χ0v) is 24.5. The number of aromatic nitrogens is 1. The molecule has 44 heavy (non-hydrogen) atoms. The molecule has 5 aliphatic rings. The Morgan fingerprint density at radius 2 is 1.55 bits per heavy atom. The Kier molecular flexibility index (Phi) is 6.10. The second kappa shape index (κ2) is 9.96. The van der Waals surface area contributed by atoms with Crippen molar-refractivity contribution in [2.75, 3.05) is 11.5 Å². The largest absolute Gasteiger partial charge is 0.454 e. The monoisotopic (exact) mass is 602 g/mol. The van der Waals surface area contributed by atoms with E-state index in [0.717, 1.165) is 12.0 Å². The van der Waals surface area contributed by atoms with Crippen molar-refractivity contribution in [3.05, 3.63) is 107 Å². The first-order valence-electron chi connectivity index (χ1n) is 14.8. The molecule has 6 unspecified atom stereocenters. The van der Waals surface area contributed by atoms with Gasteiger partial charge in [0.15, 0.2) is 12.4 Å². The summed E-state index contributed by atoms with van der Waals surface area (Å²) in [5.41, 5.74) is 4.02. The fourth-order valence-corrected chi connectivity index (χ4v) is 7.70. The molecule has 8 heteroatoms. The summed E-state index contributed by atoms with van der Waals surface area (Å²) in [4.78, 5) is 59.2. The zero-order chi connectivity index (χ0) is 30.3. The summed E-state index contributed by atoms with van der Waals surface area (Å²) in [5, 5.41) is 1.13. The van der Waals surface area contributed by atoms with Crippen LogP contribution in [0.2, 0.25) is 5.02 Å². The molecular weight excluding hydrogens is 576 g/mol. The Labute approximate surface area is 258 Å². The van der Waals surface area contributed by atoms with Crippen LogP contribution in [0.25, 0.3) is 22.2 Å². The number of nitrogens with zero attached hydrogens (tertiary/aromatic N) is 2. The van der Waals surface area contributed by atoms with Gasteiger partial charge in [0.25, 0.3) is 0 Å². The van der Waals surface area contributed by atoms with Gasteiger partial charge in [-0.1, -0.05) is 47.5 Å². The third-order valence-corrected chi connectivity index (χ3v) is 10.0. The van der Waals surface area contributed by atoms with E-state index in [-0.39, 0.29) is 46.8 Å². The Hall–Kier alpha value is -4.62. The third kappa shape index (κ3) is 4.21. The average molecular weight is 603 g/mol. The second-order valence-electron chi connectivity index (χ2n) is 12.3. The van der Waals surface area contributed by atoms with Crippen molar-refractivity contribution in [2.45, 2.75) is 13.3 Å². The number of esters is 1. The minimum Gasteiger partial charge on any atom is -0.454 e. The van der Waals surface area contributed by atoms with Gasteiger partial charge in [-0.25, -0.2) is 9.78 Å². The van der Waals surface area contributed by atoms with Crippen molar-refractivity contribution in [3.63, 3.8) is 0 Å². The van der Waals surface area contributed by atoms with E-state index in [9.17, 15) is 19.2 Å². The smallest absolute Gasteiger partial charge is 0.339 e. The van der Waals surface area contributed by atoms with Crippen molar-refractivity contribution >= 4 is 51.8 Å². The summed E-state index contributed by atoms with van der Waals surface area (Å²) in [6.45, 7) is 1.51. The fraction of sp³-hybridized carbons (Fsp3) is 0.250. The number of pyridine rings is 1. The lowest BCUT2D eigenvalue weighted by molar-refractivity contribution is -0.124. The maximum absolute atomic E-state index is 13.5. The number of amides is 2. The minimum atomic E-state index is -0.639. The molecule has 7 nitrogen and oxygen atoms in total. The van der Waals surface area contributed by atoms with Crippen LogP contribution in [0.15, 0.2) is 84.9 Å². The maximum atomic E-state index is 13.5. The quantitative estimate of drug-likeness (QED) is 0.109. The number of Topliss-reactive ketones (excluding diaryl/α,β-unsaturated/α-hetero) is 1. The molecule has 0 N–H and O–H groups in total. The number of carbonyl (C=O) groups is 4. The van der Waals surface area contributed by atoms with Gasteiger partial charge in [0.2, 0.25) is 11.8 Å². The van der Waals surface area contributed by atoms with Gasteiger partial charge in [-0.2, -0.15) is 0 Å². The standard InChI is InChI=1S/C36H27ClN2O5/c1-18-2-13-29-27(14-18)28(36(43)44-17-31(40)20-3-7-21(37)8-4-20)16-30(38-29)19-5-9-22(10-6-19)39-34(41)32-23-11-12-24(26-15-25(23)26)33(32)35(39)42/h2-14,16,23-26,32-33H,15,17H2,1H3. The predicted octanol–water partition coefficient (Wildman–Crippen LogP) is 6.46. The van der Waals surface area contributed by atoms with Gasteiger partial charge in [0.05, 0.1) is 34.3 Å². The van der Waals surface area contributed by atoms with E-state index in [4.69, 9.17) is 21.3 Å². The van der Waals surface area contributed by atoms with Crippen LogP contribution in [0, 0.1) is 42.4 Å². The molecular formula is C36H27ClN2O5. The van der Waals surface area contributed by atoms with Crippen LogP contribution in [0.1, 0.15) is 32.7 Å². The highest BCUT2D eigenvalue weighted by molar-refractivity contribution is 6.30. The van der Waals surface area contributed by atoms with Crippen LogP contribution < -0.4 is 4.90 Å². The molecule has 6 atom stereocenters. The number of hydrogen-bond acceptors (Lipinski definition) is 6. The van der Waals surface area contributed by atoms with Crippen LogP contribution in [-0.2, 0) is 14.3 Å². The van der Waals surface area contributed by atoms with E-state index in [1.54, 1.807) is 42.5 Å². The van der Waals surface area contributed by atoms with Gasteiger partial charge in [0, 0.05) is 21.5 Å². The summed E-state index contributed by atoms with van der Waals surface area (Å²) in [7, 11) is 0. The number of aryl methyl sites for hydroxylation is 1. The van der Waals surface area contributed by atoms with Gasteiger partial charge in [0.1, 0.15) is 0 Å². The number of ketones is 1. The van der Waals surface area contributed by atoms with E-state index in [1.807, 2.05) is 37.3 Å². The van der Waals surface area contributed by atoms with E-state index in [1.165, 1.54) is 4.90 Å². The van der Waals surface area contributed by atoms with Crippen LogP contribution >= 0.6 is 11.6 Å². The van der Waals surface area contributed by atoms with Crippen molar-refractivity contribution in [1.29, 1.82) is 0 Å². The fourth-order valence-electron chi connectivity index (χ4n) is 7.58. The molecule has 4 aromatic rings. The molecule has 9 rings (SSSR count). The number of anilines is 1. The minimum absolute atomic E-state index is 0.102. The SMILES string of the molecule is Cc1ccc2nc(-c3ccc(N4C(=O)C5C6C=CC(C7CC67)C5C4=O)cc3)cc(C(=O)OCC(=O)c3ccc(Cl)cc3)c2c1. The molecule has 1 aromatic heterocycles. The van der Waals surface area contributed by atoms with Crippen molar-refractivity contribution in [2.24, 2.45) is 35.5 Å². The van der Waals surface area contributed by atoms with E-state index in [0.29, 0.717) is 50.3 Å². The number of ether oxygens (including phenoxy) is 1. The second-order valence-corrected chi connectivity index (χ2v) is 12.7. The highest BCUT2D eigenvalue weighted by Crippen LogP contribution is 2.65. The van der Waals surface area contributed by atoms with E-state index >= 15 is 0 Å². The Balaban J connectivity index is 1.07. The Morgan fingerprint density at radius 3 is 2.20 bits per heavy atom. The zero-order valence-electron chi connectivity index (χ0n) is 23.8. The van der Waals surface area contributed by atoms with E-state index < -0.39 is 12.6 Å². The number of benzene rings is 3. The van der Waals surface area contributed by atoms with E-state index in [2.05, 4.69) is 12.2 Å². The molecule has 2 heterocycles. The molecule has 1 aliphatic heterocycles. The van der Waals surface area contributed by atoms with Crippen LogP contribution in [0.3, 0.4) is 0 Å². The van der Waals surface area contributed by atoms with Gasteiger partial charge >= 0.3 is 5.97 Å². The molecule has 3 aromatic carbocycles. The normalized spacial score (nSPS) is 26.1. The number of carbonyl (C=O) groups excluding carboxylic acids is 4. The third-order valence-electron chi connectivity index (χ3n) is 9.77. The van der Waals surface area contributed by atoms with Gasteiger partial charge in [-0.15, -0.1) is 0 Å². The first-order chi connectivity index (χ1) is 21.3. The Bertz CT molecular complexity index is 1900. The lowest BCUT2D eigenvalue weighted by Gasteiger charge is -2.37. The molecule has 2 bridgehead atoms. The predicted molar refractivity (Wildman–Crippen MR) is 165 cm³/mol. The van der Waals surface area contributed by atoms with Gasteiger partial charge < -0.3 is 4.74 Å². The highest BCUT2D eigenvalue weighted by atomic mass is 35.5. The lowest BCUT2D eigenvalue weighted by Crippen LogP contribution is -2.40. The molecule has 218 valence electrons. The van der Waals surface area contributed by atoms with Gasteiger partial charge in [-0.05, 0) is 91.6 Å². The first kappa shape index (κ1) is 27.0. The molecule has 2 saturated carbocycles. The average Bonchev–Trinajstić information content (AvgIpc) is 3.82. The molecule has 4 aliphatic carbocycles. The number of rotatable bonds is 6. The van der Waals surface area contributed by atoms with Crippen molar-refractivity contribution in [3.8, 4) is 11.3 Å². The summed E-state index contributed by atoms with van der Waals surface area (Å²) in [6.07, 6.45) is 5.46. The molecule has 0 radical (unpaired) electrons. The number of imide groups is 1. The first-order valence-corrected chi connectivity index (χ1v) is 15.2.